The Morgan fingerprint density at radius 1 is 1.06 bits per heavy atom. The lowest BCUT2D eigenvalue weighted by Crippen LogP contribution is -2.53. The maximum absolute atomic E-state index is 11.9. The molecule has 2 fully saturated rings. The summed E-state index contributed by atoms with van der Waals surface area (Å²) in [6, 6.07) is 0.922. The summed E-state index contributed by atoms with van der Waals surface area (Å²) in [5, 5.41) is 48.6. The Hall–Kier alpha value is -1.34. The number of phosphoric ester groups is 2. The summed E-state index contributed by atoms with van der Waals surface area (Å²) >= 11 is 0. The molecule has 2 unspecified atom stereocenters. The molecule has 1 aromatic rings. The van der Waals surface area contributed by atoms with E-state index in [1.165, 1.54) is 0 Å². The summed E-state index contributed by atoms with van der Waals surface area (Å²) in [4.78, 5) is 48.7. The fraction of sp³-hybridized carbons (Fsp3) is 0.714. The summed E-state index contributed by atoms with van der Waals surface area (Å²) in [5.74, 6) is 0. The maximum atomic E-state index is 11.9. The normalized spacial score (nSPS) is 37.7. The van der Waals surface area contributed by atoms with Crippen molar-refractivity contribution in [1.82, 2.24) is 9.55 Å². The average Bonchev–Trinajstić information content (AvgIpc) is 3.00. The number of aliphatic hydroxyl groups excluding tert-OH is 5. The number of rotatable bonds is 8. The van der Waals surface area contributed by atoms with Crippen molar-refractivity contribution in [3.05, 3.63) is 33.1 Å². The van der Waals surface area contributed by atoms with E-state index in [0.717, 1.165) is 12.3 Å². The molecule has 0 aromatic carbocycles. The lowest BCUT2D eigenvalue weighted by atomic mass is 10.1. The molecule has 34 heavy (non-hydrogen) atoms. The van der Waals surface area contributed by atoms with Crippen LogP contribution in [0.2, 0.25) is 0 Å². The molecule has 0 saturated carbocycles. The molecule has 0 radical (unpaired) electrons. The molecular formula is C14H20N2O16P2-2. The first kappa shape index (κ1) is 27.3. The molecule has 2 aliphatic heterocycles. The van der Waals surface area contributed by atoms with Crippen LogP contribution in [0.3, 0.4) is 0 Å². The van der Waals surface area contributed by atoms with Crippen LogP contribution < -0.4 is 21.0 Å². The van der Waals surface area contributed by atoms with Crippen molar-refractivity contribution in [2.75, 3.05) is 13.2 Å². The van der Waals surface area contributed by atoms with Crippen molar-refractivity contribution in [3.63, 3.8) is 0 Å². The van der Waals surface area contributed by atoms with Crippen LogP contribution in [0, 0.1) is 0 Å². The second-order valence-corrected chi connectivity index (χ2v) is 10.1. The van der Waals surface area contributed by atoms with E-state index >= 15 is 0 Å². The van der Waals surface area contributed by atoms with Gasteiger partial charge in [0.05, 0.1) is 13.2 Å². The van der Waals surface area contributed by atoms with Gasteiger partial charge in [-0.2, -0.15) is 0 Å². The molecule has 18 nitrogen and oxygen atoms in total. The maximum Gasteiger partial charge on any atom is 0.330 e. The monoisotopic (exact) mass is 534 g/mol. The average molecular weight is 534 g/mol. The van der Waals surface area contributed by atoms with Gasteiger partial charge >= 0.3 is 5.69 Å². The third-order valence-corrected chi connectivity index (χ3v) is 7.28. The Morgan fingerprint density at radius 2 is 1.74 bits per heavy atom. The molecule has 10 atom stereocenters. The molecule has 0 bridgehead atoms. The van der Waals surface area contributed by atoms with Crippen LogP contribution in [0.1, 0.15) is 6.23 Å². The SMILES string of the molecule is O=c1ccn([C@@H]2O[C@H](COP(=O)([O-])OP(=O)([O-])O[C@@H]3OC[C@H](O)[C@H](O)[C@H]3O)[C@@H](O)[C@H]2O)c(=O)[nH]1. The lowest BCUT2D eigenvalue weighted by Gasteiger charge is -2.38. The Kier molecular flexibility index (Phi) is 8.28. The van der Waals surface area contributed by atoms with Gasteiger partial charge in [0.25, 0.3) is 21.2 Å². The van der Waals surface area contributed by atoms with Crippen LogP contribution in [-0.2, 0) is 32.0 Å². The molecule has 3 heterocycles. The Bertz CT molecular complexity index is 1080. The topological polar surface area (TPSA) is 282 Å². The van der Waals surface area contributed by atoms with E-state index in [2.05, 4.69) is 18.1 Å². The summed E-state index contributed by atoms with van der Waals surface area (Å²) < 4.78 is 46.8. The van der Waals surface area contributed by atoms with Gasteiger partial charge in [-0.25, -0.2) is 9.11 Å². The van der Waals surface area contributed by atoms with Crippen molar-refractivity contribution in [2.45, 2.75) is 49.1 Å². The highest BCUT2D eigenvalue weighted by Crippen LogP contribution is 2.56. The van der Waals surface area contributed by atoms with Crippen LogP contribution in [0.4, 0.5) is 0 Å². The second kappa shape index (κ2) is 10.3. The molecule has 2 aliphatic rings. The Balaban J connectivity index is 1.59. The highest BCUT2D eigenvalue weighted by atomic mass is 31.3. The molecule has 1 aromatic heterocycles. The largest absolute Gasteiger partial charge is 0.756 e. The second-order valence-electron chi connectivity index (χ2n) is 7.19. The van der Waals surface area contributed by atoms with Crippen molar-refractivity contribution in [3.8, 4) is 0 Å². The standard InChI is InChI=1S/C14H22N2O16P2/c17-5-3-28-13(11(22)8(5)19)31-34(26,27)32-33(24,25)29-4-6-9(20)10(21)12(30-6)16-2-1-7(18)15-14(16)23/h1-2,5-6,8-13,17,19-22H,3-4H2,(H,24,25)(H,26,27)(H,15,18,23)/p-2/t5-,6+,8-,9+,10+,11+,12+,13-/m0/s1. The van der Waals surface area contributed by atoms with Crippen LogP contribution in [0.25, 0.3) is 0 Å². The zero-order valence-corrected chi connectivity index (χ0v) is 18.5. The third kappa shape index (κ3) is 6.26. The van der Waals surface area contributed by atoms with Crippen molar-refractivity contribution < 1.29 is 67.3 Å². The first-order valence-electron chi connectivity index (χ1n) is 9.36. The van der Waals surface area contributed by atoms with Gasteiger partial charge in [0.15, 0.2) is 12.5 Å². The minimum absolute atomic E-state index is 0.646. The minimum atomic E-state index is -5.79. The van der Waals surface area contributed by atoms with Gasteiger partial charge in [-0.15, -0.1) is 0 Å². The molecule has 0 spiro atoms. The molecule has 0 amide bonds. The zero-order chi connectivity index (χ0) is 25.4. The molecule has 0 aliphatic carbocycles. The molecule has 2 saturated heterocycles. The van der Waals surface area contributed by atoms with Gasteiger partial charge in [-0.1, -0.05) is 0 Å². The smallest absolute Gasteiger partial charge is 0.330 e. The number of phosphoric acid groups is 2. The number of aromatic amines is 1. The van der Waals surface area contributed by atoms with Gasteiger partial charge in [0.2, 0.25) is 0 Å². The van der Waals surface area contributed by atoms with Gasteiger partial charge in [0, 0.05) is 12.3 Å². The quantitative estimate of drug-likeness (QED) is 0.170. The Morgan fingerprint density at radius 3 is 2.38 bits per heavy atom. The summed E-state index contributed by atoms with van der Waals surface area (Å²) in [6.07, 6.45) is -13.4. The number of H-pyrrole nitrogens is 1. The minimum Gasteiger partial charge on any atom is -0.756 e. The van der Waals surface area contributed by atoms with E-state index in [0.29, 0.717) is 4.57 Å². The summed E-state index contributed by atoms with van der Waals surface area (Å²) in [7, 11) is -11.5. The number of hydrogen-bond donors (Lipinski definition) is 6. The van der Waals surface area contributed by atoms with E-state index < -0.39 is 89.2 Å². The van der Waals surface area contributed by atoms with Crippen LogP contribution in [-0.4, -0.2) is 91.2 Å². The molecular weight excluding hydrogens is 514 g/mol. The molecule has 20 heteroatoms. The number of aliphatic hydroxyl groups is 5. The number of nitrogens with zero attached hydrogens (tertiary/aromatic N) is 1. The van der Waals surface area contributed by atoms with Crippen molar-refractivity contribution in [2.24, 2.45) is 0 Å². The number of hydrogen-bond acceptors (Lipinski definition) is 16. The molecule has 3 rings (SSSR count). The number of aromatic nitrogens is 2. The van der Waals surface area contributed by atoms with Gasteiger partial charge < -0.3 is 49.3 Å². The van der Waals surface area contributed by atoms with E-state index in [-0.39, 0.29) is 0 Å². The third-order valence-electron chi connectivity index (χ3n) is 4.75. The lowest BCUT2D eigenvalue weighted by molar-refractivity contribution is -0.285. The van der Waals surface area contributed by atoms with Gasteiger partial charge in [-0.05, 0) is 0 Å². The molecule has 6 N–H and O–H groups in total. The number of ether oxygens (including phenoxy) is 2. The van der Waals surface area contributed by atoms with Crippen LogP contribution >= 0.6 is 15.6 Å². The van der Waals surface area contributed by atoms with E-state index in [4.69, 9.17) is 4.74 Å². The zero-order valence-electron chi connectivity index (χ0n) is 16.8. The highest BCUT2D eigenvalue weighted by molar-refractivity contribution is 7.59. The van der Waals surface area contributed by atoms with E-state index in [1.807, 2.05) is 4.98 Å². The first-order chi connectivity index (χ1) is 15.7. The highest BCUT2D eigenvalue weighted by Gasteiger charge is 2.45. The van der Waals surface area contributed by atoms with E-state index in [1.54, 1.807) is 0 Å². The Labute approximate surface area is 188 Å². The fourth-order valence-electron chi connectivity index (χ4n) is 3.05. The van der Waals surface area contributed by atoms with Crippen molar-refractivity contribution >= 4 is 15.6 Å². The van der Waals surface area contributed by atoms with E-state index in [9.17, 15) is 54.0 Å². The number of nitrogens with one attached hydrogen (secondary N) is 1. The van der Waals surface area contributed by atoms with Crippen LogP contribution in [0.15, 0.2) is 21.9 Å². The van der Waals surface area contributed by atoms with Gasteiger partial charge in [-0.3, -0.25) is 28.0 Å². The molecule has 194 valence electrons. The van der Waals surface area contributed by atoms with Crippen molar-refractivity contribution in [1.29, 1.82) is 0 Å². The first-order valence-corrected chi connectivity index (χ1v) is 12.3. The summed E-state index contributed by atoms with van der Waals surface area (Å²) in [6.45, 7) is -1.73. The predicted octanol–water partition coefficient (Wildman–Crippen LogP) is -5.42. The van der Waals surface area contributed by atoms with Crippen LogP contribution in [0.5, 0.6) is 0 Å². The van der Waals surface area contributed by atoms with Gasteiger partial charge in [0.1, 0.15) is 36.6 Å². The fourth-order valence-corrected chi connectivity index (χ4v) is 5.15. The predicted molar refractivity (Wildman–Crippen MR) is 98.3 cm³/mol. The summed E-state index contributed by atoms with van der Waals surface area (Å²) in [5.41, 5.74) is -1.75.